The number of carboxylic acids is 1. The molecule has 3 rings (SSSR count). The van der Waals surface area contributed by atoms with Crippen molar-refractivity contribution in [3.8, 4) is 0 Å². The minimum atomic E-state index is -0.658. The van der Waals surface area contributed by atoms with Gasteiger partial charge in [0.15, 0.2) is 0 Å². The van der Waals surface area contributed by atoms with Gasteiger partial charge in [-0.3, -0.25) is 4.79 Å². The van der Waals surface area contributed by atoms with Crippen LogP contribution in [0, 0.1) is 5.92 Å². The van der Waals surface area contributed by atoms with Crippen LogP contribution in [0.2, 0.25) is 0 Å². The van der Waals surface area contributed by atoms with Crippen molar-refractivity contribution >= 4 is 23.9 Å². The minimum absolute atomic E-state index is 0. The molecule has 26 heavy (non-hydrogen) atoms. The van der Waals surface area contributed by atoms with E-state index in [1.54, 1.807) is 0 Å². The lowest BCUT2D eigenvalue weighted by Crippen LogP contribution is -2.39. The molecule has 1 aliphatic rings. The molecule has 0 bridgehead atoms. The second-order valence-corrected chi connectivity index (χ2v) is 6.62. The summed E-state index contributed by atoms with van der Waals surface area (Å²) in [5, 5.41) is 9.23. The number of hydrogen-bond donors (Lipinski definition) is 1. The molecular formula is C22H26ClNO2. The topological polar surface area (TPSA) is 40.5 Å². The quantitative estimate of drug-likeness (QED) is 0.798. The highest BCUT2D eigenvalue weighted by Crippen LogP contribution is 2.24. The fourth-order valence-electron chi connectivity index (χ4n) is 3.49. The van der Waals surface area contributed by atoms with Crippen LogP contribution in [0.15, 0.2) is 66.7 Å². The lowest BCUT2D eigenvalue weighted by molar-refractivity contribution is -0.143. The van der Waals surface area contributed by atoms with Crippen molar-refractivity contribution < 1.29 is 9.90 Å². The average molecular weight is 372 g/mol. The van der Waals surface area contributed by atoms with E-state index in [9.17, 15) is 9.90 Å². The predicted molar refractivity (Wildman–Crippen MR) is 109 cm³/mol. The number of halogens is 1. The molecule has 0 unspecified atom stereocenters. The minimum Gasteiger partial charge on any atom is -0.481 e. The maximum atomic E-state index is 11.2. The van der Waals surface area contributed by atoms with Crippen LogP contribution >= 0.6 is 12.4 Å². The fraction of sp³-hybridized carbons (Fsp3) is 0.318. The number of carboxylic acid groups (broad SMARTS) is 1. The lowest BCUT2D eigenvalue weighted by Gasteiger charge is -2.30. The van der Waals surface area contributed by atoms with E-state index in [0.29, 0.717) is 6.54 Å². The van der Waals surface area contributed by atoms with Gasteiger partial charge in [0, 0.05) is 13.1 Å². The summed E-state index contributed by atoms with van der Waals surface area (Å²) < 4.78 is 0. The Morgan fingerprint density at radius 3 is 2.15 bits per heavy atom. The highest BCUT2D eigenvalue weighted by molar-refractivity contribution is 5.85. The highest BCUT2D eigenvalue weighted by atomic mass is 35.5. The summed E-state index contributed by atoms with van der Waals surface area (Å²) in [4.78, 5) is 13.5. The zero-order chi connectivity index (χ0) is 17.5. The van der Waals surface area contributed by atoms with Crippen molar-refractivity contribution in [1.29, 1.82) is 0 Å². The van der Waals surface area contributed by atoms with Gasteiger partial charge in [0.2, 0.25) is 0 Å². The summed E-state index contributed by atoms with van der Waals surface area (Å²) >= 11 is 0. The van der Waals surface area contributed by atoms with Crippen molar-refractivity contribution in [3.63, 3.8) is 0 Å². The van der Waals surface area contributed by atoms with Crippen LogP contribution in [-0.4, -0.2) is 35.6 Å². The summed E-state index contributed by atoms with van der Waals surface area (Å²) in [6.07, 6.45) is 4.99. The van der Waals surface area contributed by atoms with Crippen LogP contribution in [0.4, 0.5) is 0 Å². The van der Waals surface area contributed by atoms with Gasteiger partial charge in [-0.1, -0.05) is 66.7 Å². The van der Waals surface area contributed by atoms with E-state index in [1.807, 2.05) is 12.1 Å². The van der Waals surface area contributed by atoms with Gasteiger partial charge >= 0.3 is 5.97 Å². The molecule has 138 valence electrons. The maximum absolute atomic E-state index is 11.2. The molecule has 1 heterocycles. The van der Waals surface area contributed by atoms with E-state index in [1.165, 1.54) is 16.7 Å². The summed E-state index contributed by atoms with van der Waals surface area (Å²) in [7, 11) is 0. The molecule has 2 aromatic rings. The predicted octanol–water partition coefficient (Wildman–Crippen LogP) is 4.73. The first-order chi connectivity index (χ1) is 12.2. The third-order valence-electron chi connectivity index (χ3n) is 4.82. The zero-order valence-electron chi connectivity index (χ0n) is 14.9. The number of carbonyl (C=O) groups is 1. The Hall–Kier alpha value is -2.10. The molecule has 0 saturated carbocycles. The Morgan fingerprint density at radius 1 is 1.04 bits per heavy atom. The lowest BCUT2D eigenvalue weighted by atomic mass is 9.96. The molecule has 0 radical (unpaired) electrons. The number of hydrogen-bond acceptors (Lipinski definition) is 2. The van der Waals surface area contributed by atoms with E-state index < -0.39 is 5.97 Å². The van der Waals surface area contributed by atoms with Crippen molar-refractivity contribution in [2.24, 2.45) is 5.92 Å². The first-order valence-corrected chi connectivity index (χ1v) is 9.00. The van der Waals surface area contributed by atoms with Crippen LogP contribution in [0.1, 0.15) is 30.4 Å². The Kier molecular flexibility index (Phi) is 7.89. The van der Waals surface area contributed by atoms with Gasteiger partial charge in [0.25, 0.3) is 0 Å². The largest absolute Gasteiger partial charge is 0.481 e. The highest BCUT2D eigenvalue weighted by Gasteiger charge is 2.24. The molecule has 0 aromatic heterocycles. The molecular weight excluding hydrogens is 346 g/mol. The van der Waals surface area contributed by atoms with Gasteiger partial charge in [-0.05, 0) is 42.5 Å². The molecule has 4 heteroatoms. The first-order valence-electron chi connectivity index (χ1n) is 9.00. The van der Waals surface area contributed by atoms with Gasteiger partial charge in [0.1, 0.15) is 0 Å². The van der Waals surface area contributed by atoms with Crippen molar-refractivity contribution in [2.45, 2.75) is 19.3 Å². The third kappa shape index (κ3) is 5.45. The molecule has 1 fully saturated rings. The molecule has 2 aromatic carbocycles. The molecule has 1 N–H and O–H groups in total. The normalized spacial score (nSPS) is 17.2. The standard InChI is InChI=1S/C22H25NO2.ClH/c24-22(25)20-13-7-15-23(17-20)16-8-14-21(18-9-3-1-4-10-18)19-11-5-2-6-12-19;/h1-6,9-12,14,20H,7-8,13,15-17H2,(H,24,25);1H/t20-;/m0./s1. The van der Waals surface area contributed by atoms with E-state index >= 15 is 0 Å². The van der Waals surface area contributed by atoms with Crippen molar-refractivity contribution in [2.75, 3.05) is 19.6 Å². The Morgan fingerprint density at radius 2 is 1.62 bits per heavy atom. The number of piperidine rings is 1. The van der Waals surface area contributed by atoms with Gasteiger partial charge in [-0.25, -0.2) is 0 Å². The van der Waals surface area contributed by atoms with Crippen molar-refractivity contribution in [3.05, 3.63) is 77.9 Å². The number of aliphatic carboxylic acids is 1. The van der Waals surface area contributed by atoms with Crippen molar-refractivity contribution in [1.82, 2.24) is 4.90 Å². The first kappa shape index (κ1) is 20.2. The number of rotatable bonds is 6. The summed E-state index contributed by atoms with van der Waals surface area (Å²) in [6.45, 7) is 2.59. The van der Waals surface area contributed by atoms with E-state index in [0.717, 1.165) is 32.4 Å². The van der Waals surface area contributed by atoms with Gasteiger partial charge in [-0.2, -0.15) is 0 Å². The average Bonchev–Trinajstić information content (AvgIpc) is 2.67. The molecule has 0 spiro atoms. The summed E-state index contributed by atoms with van der Waals surface area (Å²) in [5.74, 6) is -0.866. The van der Waals surface area contributed by atoms with Gasteiger partial charge < -0.3 is 10.0 Å². The molecule has 0 amide bonds. The summed E-state index contributed by atoms with van der Waals surface area (Å²) in [5.41, 5.74) is 3.68. The van der Waals surface area contributed by atoms with Crippen LogP contribution in [0.5, 0.6) is 0 Å². The third-order valence-corrected chi connectivity index (χ3v) is 4.82. The van der Waals surface area contributed by atoms with E-state index in [-0.39, 0.29) is 18.3 Å². The molecule has 1 saturated heterocycles. The number of likely N-dealkylation sites (tertiary alicyclic amines) is 1. The second-order valence-electron chi connectivity index (χ2n) is 6.62. The molecule has 0 aliphatic carbocycles. The molecule has 3 nitrogen and oxygen atoms in total. The zero-order valence-corrected chi connectivity index (χ0v) is 15.7. The smallest absolute Gasteiger partial charge is 0.307 e. The van der Waals surface area contributed by atoms with E-state index in [4.69, 9.17) is 0 Å². The van der Waals surface area contributed by atoms with Gasteiger partial charge in [-0.15, -0.1) is 12.4 Å². The summed E-state index contributed by atoms with van der Waals surface area (Å²) in [6, 6.07) is 20.9. The SMILES string of the molecule is Cl.O=C(O)[C@H]1CCCN(CCC=C(c2ccccc2)c2ccccc2)C1. The second kappa shape index (κ2) is 10.1. The number of nitrogens with zero attached hydrogens (tertiary/aromatic N) is 1. The van der Waals surface area contributed by atoms with Crippen LogP contribution in [-0.2, 0) is 4.79 Å². The maximum Gasteiger partial charge on any atom is 0.307 e. The fourth-order valence-corrected chi connectivity index (χ4v) is 3.49. The van der Waals surface area contributed by atoms with E-state index in [2.05, 4.69) is 59.5 Å². The van der Waals surface area contributed by atoms with Crippen LogP contribution < -0.4 is 0 Å². The van der Waals surface area contributed by atoms with Crippen LogP contribution in [0.25, 0.3) is 5.57 Å². The van der Waals surface area contributed by atoms with Gasteiger partial charge in [0.05, 0.1) is 5.92 Å². The van der Waals surface area contributed by atoms with Crippen LogP contribution in [0.3, 0.4) is 0 Å². The molecule has 1 aliphatic heterocycles. The Bertz CT molecular complexity index is 674. The number of benzene rings is 2. The monoisotopic (exact) mass is 371 g/mol. The Labute approximate surface area is 161 Å². The Balaban J connectivity index is 0.00000243. The molecule has 1 atom stereocenters.